The maximum absolute atomic E-state index is 3.94. The normalized spacial score (nSPS) is 24.6. The molecule has 0 radical (unpaired) electrons. The van der Waals surface area contributed by atoms with Crippen LogP contribution in [-0.4, -0.2) is 6.04 Å². The molecule has 0 amide bonds. The Kier molecular flexibility index (Phi) is 5.26. The maximum Gasteiger partial charge on any atom is 0.0299 e. The number of nitrogens with one attached hydrogen (secondary N) is 1. The molecule has 2 rings (SSSR count). The average molecular weight is 273 g/mol. The molecule has 1 fully saturated rings. The number of rotatable bonds is 4. The zero-order valence-electron chi connectivity index (χ0n) is 13.9. The van der Waals surface area contributed by atoms with Gasteiger partial charge in [0.2, 0.25) is 0 Å². The SMILES string of the molecule is CCC1CCCCC1NC(C)c1c(C)cc(C)cc1C. The third-order valence-electron chi connectivity index (χ3n) is 5.07. The molecule has 1 N–H and O–H groups in total. The van der Waals surface area contributed by atoms with E-state index in [2.05, 4.69) is 52.1 Å². The standard InChI is InChI=1S/C19H31N/c1-6-17-9-7-8-10-18(17)20-16(5)19-14(3)11-13(2)12-15(19)4/h11-12,16-18,20H,6-10H2,1-5H3. The minimum Gasteiger partial charge on any atom is -0.307 e. The van der Waals surface area contributed by atoms with Gasteiger partial charge in [-0.05, 0) is 63.1 Å². The Hall–Kier alpha value is -0.820. The lowest BCUT2D eigenvalue weighted by Gasteiger charge is -2.34. The first-order chi connectivity index (χ1) is 9.52. The Morgan fingerprint density at radius 3 is 2.30 bits per heavy atom. The van der Waals surface area contributed by atoms with Gasteiger partial charge in [0.1, 0.15) is 0 Å². The zero-order chi connectivity index (χ0) is 14.7. The minimum atomic E-state index is 0.466. The number of aryl methyl sites for hydroxylation is 3. The van der Waals surface area contributed by atoms with Crippen molar-refractivity contribution >= 4 is 0 Å². The Bertz CT molecular complexity index is 426. The van der Waals surface area contributed by atoms with Crippen LogP contribution in [0.5, 0.6) is 0 Å². The van der Waals surface area contributed by atoms with Crippen LogP contribution in [0.25, 0.3) is 0 Å². The minimum absolute atomic E-state index is 0.466. The van der Waals surface area contributed by atoms with Crippen LogP contribution in [0.15, 0.2) is 12.1 Å². The second-order valence-electron chi connectivity index (χ2n) is 6.76. The summed E-state index contributed by atoms with van der Waals surface area (Å²) < 4.78 is 0. The van der Waals surface area contributed by atoms with Crippen molar-refractivity contribution in [2.45, 2.75) is 78.8 Å². The first kappa shape index (κ1) is 15.6. The molecule has 0 aromatic heterocycles. The molecule has 1 nitrogen and oxygen atoms in total. The molecular formula is C19H31N. The predicted molar refractivity (Wildman–Crippen MR) is 88.2 cm³/mol. The lowest BCUT2D eigenvalue weighted by molar-refractivity contribution is 0.240. The molecule has 0 heterocycles. The fourth-order valence-electron chi connectivity index (χ4n) is 4.19. The van der Waals surface area contributed by atoms with Gasteiger partial charge in [-0.1, -0.05) is 43.9 Å². The Balaban J connectivity index is 2.13. The Morgan fingerprint density at radius 1 is 1.10 bits per heavy atom. The number of hydrogen-bond acceptors (Lipinski definition) is 1. The van der Waals surface area contributed by atoms with Crippen molar-refractivity contribution in [3.63, 3.8) is 0 Å². The summed E-state index contributed by atoms with van der Waals surface area (Å²) in [5.74, 6) is 0.872. The van der Waals surface area contributed by atoms with E-state index in [9.17, 15) is 0 Å². The lowest BCUT2D eigenvalue weighted by atomic mass is 9.82. The smallest absolute Gasteiger partial charge is 0.0299 e. The van der Waals surface area contributed by atoms with E-state index >= 15 is 0 Å². The molecule has 112 valence electrons. The quantitative estimate of drug-likeness (QED) is 0.792. The summed E-state index contributed by atoms with van der Waals surface area (Å²) in [6.45, 7) is 11.4. The third-order valence-corrected chi connectivity index (χ3v) is 5.07. The Morgan fingerprint density at radius 2 is 1.70 bits per heavy atom. The molecule has 1 aliphatic carbocycles. The van der Waals surface area contributed by atoms with E-state index in [1.54, 1.807) is 0 Å². The van der Waals surface area contributed by atoms with E-state index in [-0.39, 0.29) is 0 Å². The van der Waals surface area contributed by atoms with Gasteiger partial charge in [-0.3, -0.25) is 0 Å². The lowest BCUT2D eigenvalue weighted by Crippen LogP contribution is -2.40. The third kappa shape index (κ3) is 3.44. The van der Waals surface area contributed by atoms with Crippen molar-refractivity contribution in [1.82, 2.24) is 5.32 Å². The van der Waals surface area contributed by atoms with Crippen molar-refractivity contribution in [3.05, 3.63) is 34.4 Å². The van der Waals surface area contributed by atoms with Crippen LogP contribution in [0.3, 0.4) is 0 Å². The molecule has 0 bridgehead atoms. The van der Waals surface area contributed by atoms with Crippen molar-refractivity contribution in [2.75, 3.05) is 0 Å². The summed E-state index contributed by atoms with van der Waals surface area (Å²) in [6, 6.07) is 5.81. The van der Waals surface area contributed by atoms with Gasteiger partial charge in [0.15, 0.2) is 0 Å². The first-order valence-corrected chi connectivity index (χ1v) is 8.36. The van der Waals surface area contributed by atoms with Gasteiger partial charge >= 0.3 is 0 Å². The summed E-state index contributed by atoms with van der Waals surface area (Å²) >= 11 is 0. The first-order valence-electron chi connectivity index (χ1n) is 8.36. The molecule has 3 unspecified atom stereocenters. The van der Waals surface area contributed by atoms with Gasteiger partial charge in [-0.15, -0.1) is 0 Å². The molecule has 0 aliphatic heterocycles. The highest BCUT2D eigenvalue weighted by atomic mass is 15.0. The molecule has 20 heavy (non-hydrogen) atoms. The van der Waals surface area contributed by atoms with Crippen molar-refractivity contribution in [3.8, 4) is 0 Å². The highest BCUT2D eigenvalue weighted by Gasteiger charge is 2.25. The summed E-state index contributed by atoms with van der Waals surface area (Å²) in [5.41, 5.74) is 5.76. The van der Waals surface area contributed by atoms with Crippen LogP contribution >= 0.6 is 0 Å². The van der Waals surface area contributed by atoms with Gasteiger partial charge in [-0.2, -0.15) is 0 Å². The zero-order valence-corrected chi connectivity index (χ0v) is 13.9. The molecule has 0 saturated heterocycles. The van der Waals surface area contributed by atoms with E-state index in [1.807, 2.05) is 0 Å². The fraction of sp³-hybridized carbons (Fsp3) is 0.684. The van der Waals surface area contributed by atoms with Crippen LogP contribution in [-0.2, 0) is 0 Å². The molecule has 3 atom stereocenters. The second kappa shape index (κ2) is 6.76. The van der Waals surface area contributed by atoms with E-state index in [4.69, 9.17) is 0 Å². The van der Waals surface area contributed by atoms with Gasteiger partial charge < -0.3 is 5.32 Å². The van der Waals surface area contributed by atoms with Gasteiger partial charge in [0.05, 0.1) is 0 Å². The maximum atomic E-state index is 3.94. The Labute approximate surface area is 125 Å². The van der Waals surface area contributed by atoms with Crippen LogP contribution in [0, 0.1) is 26.7 Å². The summed E-state index contributed by atoms with van der Waals surface area (Å²) in [6.07, 6.45) is 6.90. The number of hydrogen-bond donors (Lipinski definition) is 1. The molecule has 0 spiro atoms. The van der Waals surface area contributed by atoms with Crippen molar-refractivity contribution in [2.24, 2.45) is 5.92 Å². The highest BCUT2D eigenvalue weighted by molar-refractivity contribution is 5.39. The van der Waals surface area contributed by atoms with E-state index < -0.39 is 0 Å². The van der Waals surface area contributed by atoms with E-state index in [1.165, 1.54) is 54.4 Å². The summed E-state index contributed by atoms with van der Waals surface area (Å²) in [5, 5.41) is 3.94. The monoisotopic (exact) mass is 273 g/mol. The van der Waals surface area contributed by atoms with Crippen LogP contribution in [0.1, 0.15) is 74.2 Å². The predicted octanol–water partition coefficient (Wildman–Crippen LogP) is 5.23. The van der Waals surface area contributed by atoms with Crippen LogP contribution in [0.4, 0.5) is 0 Å². The van der Waals surface area contributed by atoms with Gasteiger partial charge in [0.25, 0.3) is 0 Å². The molecule has 1 aromatic carbocycles. The van der Waals surface area contributed by atoms with Crippen LogP contribution in [0.2, 0.25) is 0 Å². The summed E-state index contributed by atoms with van der Waals surface area (Å²) in [7, 11) is 0. The highest BCUT2D eigenvalue weighted by Crippen LogP contribution is 2.30. The van der Waals surface area contributed by atoms with Crippen molar-refractivity contribution < 1.29 is 0 Å². The molecule has 1 aromatic rings. The van der Waals surface area contributed by atoms with E-state index in [0.717, 1.165) is 5.92 Å². The molecular weight excluding hydrogens is 242 g/mol. The van der Waals surface area contributed by atoms with Gasteiger partial charge in [0, 0.05) is 12.1 Å². The molecule has 1 aliphatic rings. The van der Waals surface area contributed by atoms with Crippen molar-refractivity contribution in [1.29, 1.82) is 0 Å². The fourth-order valence-corrected chi connectivity index (χ4v) is 4.19. The second-order valence-corrected chi connectivity index (χ2v) is 6.76. The molecule has 1 saturated carbocycles. The number of benzene rings is 1. The van der Waals surface area contributed by atoms with Gasteiger partial charge in [-0.25, -0.2) is 0 Å². The largest absolute Gasteiger partial charge is 0.307 e. The summed E-state index contributed by atoms with van der Waals surface area (Å²) in [4.78, 5) is 0. The topological polar surface area (TPSA) is 12.0 Å². The molecule has 1 heteroatoms. The van der Waals surface area contributed by atoms with E-state index in [0.29, 0.717) is 12.1 Å². The average Bonchev–Trinajstić information content (AvgIpc) is 2.38. The van der Waals surface area contributed by atoms with Crippen LogP contribution < -0.4 is 5.32 Å².